The van der Waals surface area contributed by atoms with Crippen molar-refractivity contribution in [1.82, 2.24) is 4.90 Å². The molecule has 0 unspecified atom stereocenters. The fourth-order valence-electron chi connectivity index (χ4n) is 1.95. The molecule has 0 fully saturated rings. The molecule has 0 saturated carbocycles. The van der Waals surface area contributed by atoms with Crippen LogP contribution in [-0.2, 0) is 0 Å². The maximum atomic E-state index is 2.46. The summed E-state index contributed by atoms with van der Waals surface area (Å²) in [6.07, 6.45) is 9.70. The van der Waals surface area contributed by atoms with Gasteiger partial charge in [-0.1, -0.05) is 52.9 Å². The standard InChI is InChI=1S/C14H31N/c1-6-8-9-10-11-14(3,7-2)12-13-15(4)5/h6-13H2,1-5H3/t14-/m1/s1. The smallest absolute Gasteiger partial charge is 0.00196 e. The van der Waals surface area contributed by atoms with Crippen LogP contribution in [0.1, 0.15) is 65.7 Å². The molecule has 0 heterocycles. The molecule has 0 amide bonds. The van der Waals surface area contributed by atoms with E-state index in [0.29, 0.717) is 5.41 Å². The third-order valence-electron chi connectivity index (χ3n) is 3.65. The monoisotopic (exact) mass is 213 g/mol. The van der Waals surface area contributed by atoms with Crippen LogP contribution in [-0.4, -0.2) is 25.5 Å². The lowest BCUT2D eigenvalue weighted by atomic mass is 9.79. The van der Waals surface area contributed by atoms with Crippen LogP contribution in [0.5, 0.6) is 0 Å². The van der Waals surface area contributed by atoms with E-state index in [0.717, 1.165) is 0 Å². The molecule has 0 aromatic heterocycles. The van der Waals surface area contributed by atoms with Gasteiger partial charge >= 0.3 is 0 Å². The summed E-state index contributed by atoms with van der Waals surface area (Å²) in [7, 11) is 4.35. The van der Waals surface area contributed by atoms with Crippen molar-refractivity contribution in [3.05, 3.63) is 0 Å². The second-order valence-electron chi connectivity index (χ2n) is 5.53. The highest BCUT2D eigenvalue weighted by atomic mass is 15.0. The molecule has 1 nitrogen and oxygen atoms in total. The molecule has 0 spiro atoms. The van der Waals surface area contributed by atoms with Gasteiger partial charge in [-0.2, -0.15) is 0 Å². The van der Waals surface area contributed by atoms with Crippen LogP contribution in [0.4, 0.5) is 0 Å². The van der Waals surface area contributed by atoms with Crippen LogP contribution in [0.3, 0.4) is 0 Å². The van der Waals surface area contributed by atoms with Crippen molar-refractivity contribution in [1.29, 1.82) is 0 Å². The van der Waals surface area contributed by atoms with E-state index in [2.05, 4.69) is 39.8 Å². The number of hydrogen-bond acceptors (Lipinski definition) is 1. The Hall–Kier alpha value is -0.0400. The molecular formula is C14H31N. The summed E-state index contributed by atoms with van der Waals surface area (Å²) in [6, 6.07) is 0. The van der Waals surface area contributed by atoms with Gasteiger partial charge < -0.3 is 4.90 Å². The first kappa shape index (κ1) is 15.0. The lowest BCUT2D eigenvalue weighted by Gasteiger charge is -2.29. The van der Waals surface area contributed by atoms with Crippen LogP contribution in [0, 0.1) is 5.41 Å². The van der Waals surface area contributed by atoms with Crippen molar-refractivity contribution in [2.24, 2.45) is 5.41 Å². The Morgan fingerprint density at radius 1 is 0.933 bits per heavy atom. The lowest BCUT2D eigenvalue weighted by Crippen LogP contribution is -2.23. The van der Waals surface area contributed by atoms with Gasteiger partial charge in [0.1, 0.15) is 0 Å². The Morgan fingerprint density at radius 3 is 2.07 bits per heavy atom. The third kappa shape index (κ3) is 7.84. The van der Waals surface area contributed by atoms with E-state index in [-0.39, 0.29) is 0 Å². The summed E-state index contributed by atoms with van der Waals surface area (Å²) in [5.41, 5.74) is 0.581. The number of rotatable bonds is 9. The molecule has 0 aliphatic carbocycles. The van der Waals surface area contributed by atoms with E-state index in [1.54, 1.807) is 0 Å². The van der Waals surface area contributed by atoms with E-state index < -0.39 is 0 Å². The zero-order chi connectivity index (χ0) is 11.7. The minimum atomic E-state index is 0.581. The molecular weight excluding hydrogens is 182 g/mol. The number of unbranched alkanes of at least 4 members (excludes halogenated alkanes) is 3. The zero-order valence-corrected chi connectivity index (χ0v) is 11.6. The average Bonchev–Trinajstić information content (AvgIpc) is 2.22. The van der Waals surface area contributed by atoms with Gasteiger partial charge in [0.25, 0.3) is 0 Å². The van der Waals surface area contributed by atoms with Gasteiger partial charge in [-0.25, -0.2) is 0 Å². The Balaban J connectivity index is 3.75. The van der Waals surface area contributed by atoms with Crippen LogP contribution < -0.4 is 0 Å². The van der Waals surface area contributed by atoms with Crippen LogP contribution in [0.15, 0.2) is 0 Å². The largest absolute Gasteiger partial charge is 0.309 e. The van der Waals surface area contributed by atoms with Gasteiger partial charge in [0, 0.05) is 0 Å². The summed E-state index contributed by atoms with van der Waals surface area (Å²) in [5, 5.41) is 0. The summed E-state index contributed by atoms with van der Waals surface area (Å²) in [4.78, 5) is 2.31. The summed E-state index contributed by atoms with van der Waals surface area (Å²) in [6.45, 7) is 8.32. The molecule has 0 N–H and O–H groups in total. The molecule has 1 heteroatoms. The fraction of sp³-hybridized carbons (Fsp3) is 1.00. The van der Waals surface area contributed by atoms with Crippen molar-refractivity contribution < 1.29 is 0 Å². The van der Waals surface area contributed by atoms with E-state index in [1.807, 2.05) is 0 Å². The van der Waals surface area contributed by atoms with E-state index in [4.69, 9.17) is 0 Å². The first-order chi connectivity index (χ1) is 7.04. The Bertz CT molecular complexity index is 142. The predicted molar refractivity (Wildman–Crippen MR) is 70.3 cm³/mol. The lowest BCUT2D eigenvalue weighted by molar-refractivity contribution is 0.218. The normalized spacial score (nSPS) is 15.6. The molecule has 0 bridgehead atoms. The minimum Gasteiger partial charge on any atom is -0.309 e. The highest BCUT2D eigenvalue weighted by Gasteiger charge is 2.21. The first-order valence-corrected chi connectivity index (χ1v) is 6.69. The SMILES string of the molecule is CCCCCC[C@@](C)(CC)CCN(C)C. The average molecular weight is 213 g/mol. The molecule has 0 aromatic rings. The molecule has 0 aliphatic rings. The molecule has 0 aromatic carbocycles. The third-order valence-corrected chi connectivity index (χ3v) is 3.65. The predicted octanol–water partition coefficient (Wildman–Crippen LogP) is 4.32. The summed E-state index contributed by atoms with van der Waals surface area (Å²) in [5.74, 6) is 0. The van der Waals surface area contributed by atoms with Crippen molar-refractivity contribution in [2.45, 2.75) is 65.7 Å². The topological polar surface area (TPSA) is 3.24 Å². The Morgan fingerprint density at radius 2 is 1.60 bits per heavy atom. The second-order valence-corrected chi connectivity index (χ2v) is 5.53. The van der Waals surface area contributed by atoms with Crippen LogP contribution in [0.2, 0.25) is 0 Å². The minimum absolute atomic E-state index is 0.581. The second kappa shape index (κ2) is 8.15. The van der Waals surface area contributed by atoms with Crippen molar-refractivity contribution >= 4 is 0 Å². The quantitative estimate of drug-likeness (QED) is 0.515. The molecule has 0 rings (SSSR count). The summed E-state index contributed by atoms with van der Waals surface area (Å²) < 4.78 is 0. The molecule has 15 heavy (non-hydrogen) atoms. The van der Waals surface area contributed by atoms with Crippen LogP contribution >= 0.6 is 0 Å². The van der Waals surface area contributed by atoms with Crippen molar-refractivity contribution in [3.63, 3.8) is 0 Å². The molecule has 0 saturated heterocycles. The van der Waals surface area contributed by atoms with E-state index in [1.165, 1.54) is 51.5 Å². The Labute approximate surface area is 97.2 Å². The van der Waals surface area contributed by atoms with E-state index in [9.17, 15) is 0 Å². The fourth-order valence-corrected chi connectivity index (χ4v) is 1.95. The van der Waals surface area contributed by atoms with Gasteiger partial charge in [0.15, 0.2) is 0 Å². The molecule has 0 aliphatic heterocycles. The number of nitrogens with zero attached hydrogens (tertiary/aromatic N) is 1. The van der Waals surface area contributed by atoms with Gasteiger partial charge in [0.2, 0.25) is 0 Å². The van der Waals surface area contributed by atoms with Gasteiger partial charge in [-0.15, -0.1) is 0 Å². The van der Waals surface area contributed by atoms with Gasteiger partial charge in [-0.3, -0.25) is 0 Å². The van der Waals surface area contributed by atoms with Crippen molar-refractivity contribution in [3.8, 4) is 0 Å². The van der Waals surface area contributed by atoms with Gasteiger partial charge in [-0.05, 0) is 38.9 Å². The van der Waals surface area contributed by atoms with E-state index >= 15 is 0 Å². The first-order valence-electron chi connectivity index (χ1n) is 6.69. The van der Waals surface area contributed by atoms with Crippen LogP contribution in [0.25, 0.3) is 0 Å². The maximum absolute atomic E-state index is 2.46. The Kier molecular flexibility index (Phi) is 8.13. The molecule has 1 atom stereocenters. The summed E-state index contributed by atoms with van der Waals surface area (Å²) >= 11 is 0. The highest BCUT2D eigenvalue weighted by molar-refractivity contribution is 4.73. The molecule has 0 radical (unpaired) electrons. The van der Waals surface area contributed by atoms with Gasteiger partial charge in [0.05, 0.1) is 0 Å². The number of hydrogen-bond donors (Lipinski definition) is 0. The molecule has 92 valence electrons. The zero-order valence-electron chi connectivity index (χ0n) is 11.6. The van der Waals surface area contributed by atoms with Crippen molar-refractivity contribution in [2.75, 3.05) is 20.6 Å². The highest BCUT2D eigenvalue weighted by Crippen LogP contribution is 2.32. The maximum Gasteiger partial charge on any atom is -0.00196 e.